The second-order valence-corrected chi connectivity index (χ2v) is 7.67. The van der Waals surface area contributed by atoms with Gasteiger partial charge in [-0.3, -0.25) is 4.79 Å². The SMILES string of the molecule is CCCOc1ccc(C(=O)N/N=C/c2ccc(OCc3ccccc3C#N)c(Br)c2)cc1. The van der Waals surface area contributed by atoms with Crippen molar-refractivity contribution in [1.82, 2.24) is 5.43 Å². The number of nitrogens with one attached hydrogen (secondary N) is 1. The van der Waals surface area contributed by atoms with Gasteiger partial charge in [0, 0.05) is 11.1 Å². The van der Waals surface area contributed by atoms with E-state index in [1.165, 1.54) is 0 Å². The Labute approximate surface area is 195 Å². The molecule has 3 rings (SSSR count). The molecule has 0 aromatic heterocycles. The molecule has 0 unspecified atom stereocenters. The van der Waals surface area contributed by atoms with Gasteiger partial charge in [-0.15, -0.1) is 0 Å². The van der Waals surface area contributed by atoms with Crippen LogP contribution >= 0.6 is 15.9 Å². The van der Waals surface area contributed by atoms with Crippen molar-refractivity contribution in [3.05, 3.63) is 93.5 Å². The Bertz CT molecular complexity index is 1140. The predicted molar refractivity (Wildman–Crippen MR) is 127 cm³/mol. The third kappa shape index (κ3) is 6.43. The average Bonchev–Trinajstić information content (AvgIpc) is 2.82. The number of hydrazone groups is 1. The summed E-state index contributed by atoms with van der Waals surface area (Å²) in [4.78, 5) is 12.2. The van der Waals surface area contributed by atoms with Gasteiger partial charge in [0.2, 0.25) is 0 Å². The van der Waals surface area contributed by atoms with E-state index in [0.717, 1.165) is 27.8 Å². The molecular formula is C25H22BrN3O3. The molecule has 0 aliphatic carbocycles. The van der Waals surface area contributed by atoms with Crippen LogP contribution in [0.5, 0.6) is 11.5 Å². The summed E-state index contributed by atoms with van der Waals surface area (Å²) < 4.78 is 12.1. The average molecular weight is 492 g/mol. The van der Waals surface area contributed by atoms with Gasteiger partial charge in [-0.25, -0.2) is 5.43 Å². The van der Waals surface area contributed by atoms with Crippen molar-refractivity contribution in [3.8, 4) is 17.6 Å². The molecule has 0 atom stereocenters. The molecule has 3 aromatic rings. The van der Waals surface area contributed by atoms with E-state index < -0.39 is 0 Å². The number of carbonyl (C=O) groups is 1. The molecule has 0 spiro atoms. The molecule has 0 aliphatic rings. The standard InChI is InChI=1S/C25H22BrN3O3/c1-2-13-31-22-10-8-19(9-11-22)25(30)29-28-16-18-7-12-24(23(26)14-18)32-17-21-6-4-3-5-20(21)15-27/h3-12,14,16H,2,13,17H2,1H3,(H,29,30)/b28-16+. The molecule has 0 saturated heterocycles. The first-order chi connectivity index (χ1) is 15.6. The Morgan fingerprint density at radius 1 is 1.12 bits per heavy atom. The number of nitriles is 1. The third-order valence-electron chi connectivity index (χ3n) is 4.45. The molecule has 0 radical (unpaired) electrons. The molecule has 0 saturated carbocycles. The lowest BCUT2D eigenvalue weighted by atomic mass is 10.1. The minimum absolute atomic E-state index is 0.286. The van der Waals surface area contributed by atoms with E-state index in [9.17, 15) is 10.1 Å². The number of carbonyl (C=O) groups excluding carboxylic acids is 1. The monoisotopic (exact) mass is 491 g/mol. The Morgan fingerprint density at radius 2 is 1.91 bits per heavy atom. The fourth-order valence-electron chi connectivity index (χ4n) is 2.78. The minimum atomic E-state index is -0.307. The summed E-state index contributed by atoms with van der Waals surface area (Å²) in [6.07, 6.45) is 2.48. The highest BCUT2D eigenvalue weighted by Gasteiger charge is 2.07. The van der Waals surface area contributed by atoms with Crippen molar-refractivity contribution in [2.75, 3.05) is 6.61 Å². The molecule has 1 amide bonds. The van der Waals surface area contributed by atoms with Crippen LogP contribution in [0.25, 0.3) is 0 Å². The van der Waals surface area contributed by atoms with Gasteiger partial charge < -0.3 is 9.47 Å². The molecule has 0 heterocycles. The van der Waals surface area contributed by atoms with Crippen LogP contribution in [0.4, 0.5) is 0 Å². The van der Waals surface area contributed by atoms with Crippen LogP contribution in [0.2, 0.25) is 0 Å². The number of amides is 1. The van der Waals surface area contributed by atoms with E-state index in [1.807, 2.05) is 37.3 Å². The molecule has 32 heavy (non-hydrogen) atoms. The van der Waals surface area contributed by atoms with Gasteiger partial charge in [-0.1, -0.05) is 25.1 Å². The maximum Gasteiger partial charge on any atom is 0.271 e. The van der Waals surface area contributed by atoms with Crippen LogP contribution < -0.4 is 14.9 Å². The highest BCUT2D eigenvalue weighted by molar-refractivity contribution is 9.10. The van der Waals surface area contributed by atoms with Gasteiger partial charge in [-0.2, -0.15) is 10.4 Å². The summed E-state index contributed by atoms with van der Waals surface area (Å²) in [7, 11) is 0. The molecule has 7 heteroatoms. The number of ether oxygens (including phenoxy) is 2. The molecule has 0 aliphatic heterocycles. The van der Waals surface area contributed by atoms with Crippen molar-refractivity contribution in [1.29, 1.82) is 5.26 Å². The van der Waals surface area contributed by atoms with Crippen molar-refractivity contribution in [3.63, 3.8) is 0 Å². The van der Waals surface area contributed by atoms with Crippen molar-refractivity contribution in [2.24, 2.45) is 5.10 Å². The first-order valence-corrected chi connectivity index (χ1v) is 10.9. The lowest BCUT2D eigenvalue weighted by molar-refractivity contribution is 0.0955. The summed E-state index contributed by atoms with van der Waals surface area (Å²) >= 11 is 3.49. The van der Waals surface area contributed by atoms with Gasteiger partial charge in [0.25, 0.3) is 5.91 Å². The lowest BCUT2D eigenvalue weighted by Gasteiger charge is -2.10. The number of hydrogen-bond donors (Lipinski definition) is 1. The van der Waals surface area contributed by atoms with Crippen LogP contribution in [0.1, 0.15) is 40.4 Å². The zero-order valence-corrected chi connectivity index (χ0v) is 19.1. The van der Waals surface area contributed by atoms with E-state index in [0.29, 0.717) is 23.5 Å². The first kappa shape index (κ1) is 23.0. The van der Waals surface area contributed by atoms with Crippen LogP contribution in [0.3, 0.4) is 0 Å². The number of nitrogens with zero attached hydrogens (tertiary/aromatic N) is 2. The minimum Gasteiger partial charge on any atom is -0.494 e. The fourth-order valence-corrected chi connectivity index (χ4v) is 3.29. The van der Waals surface area contributed by atoms with Crippen LogP contribution in [0.15, 0.2) is 76.3 Å². The maximum atomic E-state index is 12.2. The molecule has 1 N–H and O–H groups in total. The van der Waals surface area contributed by atoms with Crippen LogP contribution in [-0.2, 0) is 6.61 Å². The Balaban J connectivity index is 1.55. The molecule has 6 nitrogen and oxygen atoms in total. The summed E-state index contributed by atoms with van der Waals surface area (Å²) in [6, 6.07) is 21.9. The summed E-state index contributed by atoms with van der Waals surface area (Å²) in [5, 5.41) is 13.2. The molecule has 3 aromatic carbocycles. The number of rotatable bonds is 9. The van der Waals surface area contributed by atoms with E-state index in [4.69, 9.17) is 9.47 Å². The lowest BCUT2D eigenvalue weighted by Crippen LogP contribution is -2.17. The summed E-state index contributed by atoms with van der Waals surface area (Å²) in [5.74, 6) is 1.07. The van der Waals surface area contributed by atoms with Gasteiger partial charge >= 0.3 is 0 Å². The summed E-state index contributed by atoms with van der Waals surface area (Å²) in [5.41, 5.74) is 5.20. The summed E-state index contributed by atoms with van der Waals surface area (Å²) in [6.45, 7) is 2.96. The normalized spacial score (nSPS) is 10.5. The second kappa shape index (κ2) is 11.7. The zero-order valence-electron chi connectivity index (χ0n) is 17.5. The van der Waals surface area contributed by atoms with Gasteiger partial charge in [0.05, 0.1) is 28.9 Å². The van der Waals surface area contributed by atoms with E-state index >= 15 is 0 Å². The van der Waals surface area contributed by atoms with Crippen LogP contribution in [-0.4, -0.2) is 18.7 Å². The Morgan fingerprint density at radius 3 is 2.62 bits per heavy atom. The van der Waals surface area contributed by atoms with Crippen molar-refractivity contribution < 1.29 is 14.3 Å². The van der Waals surface area contributed by atoms with E-state index in [-0.39, 0.29) is 12.5 Å². The maximum absolute atomic E-state index is 12.2. The Hall–Kier alpha value is -3.63. The van der Waals surface area contributed by atoms with Gasteiger partial charge in [0.1, 0.15) is 18.1 Å². The van der Waals surface area contributed by atoms with Crippen molar-refractivity contribution >= 4 is 28.1 Å². The quantitative estimate of drug-likeness (QED) is 0.318. The molecule has 162 valence electrons. The highest BCUT2D eigenvalue weighted by atomic mass is 79.9. The largest absolute Gasteiger partial charge is 0.494 e. The smallest absolute Gasteiger partial charge is 0.271 e. The Kier molecular flexibility index (Phi) is 8.41. The van der Waals surface area contributed by atoms with Crippen LogP contribution in [0, 0.1) is 11.3 Å². The first-order valence-electron chi connectivity index (χ1n) is 10.1. The zero-order chi connectivity index (χ0) is 22.8. The number of hydrogen-bond acceptors (Lipinski definition) is 5. The van der Waals surface area contributed by atoms with E-state index in [2.05, 4.69) is 32.5 Å². The topological polar surface area (TPSA) is 83.7 Å². The second-order valence-electron chi connectivity index (χ2n) is 6.82. The molecule has 0 fully saturated rings. The third-order valence-corrected chi connectivity index (χ3v) is 5.07. The van der Waals surface area contributed by atoms with Crippen molar-refractivity contribution in [2.45, 2.75) is 20.0 Å². The van der Waals surface area contributed by atoms with Gasteiger partial charge in [0.15, 0.2) is 0 Å². The molecular weight excluding hydrogens is 470 g/mol. The fraction of sp³-hybridized carbons (Fsp3) is 0.160. The van der Waals surface area contributed by atoms with Gasteiger partial charge in [-0.05, 0) is 76.4 Å². The molecule has 0 bridgehead atoms. The number of halogens is 1. The number of benzene rings is 3. The predicted octanol–water partition coefficient (Wildman–Crippen LogP) is 5.45. The van der Waals surface area contributed by atoms with E-state index in [1.54, 1.807) is 42.6 Å². The highest BCUT2D eigenvalue weighted by Crippen LogP contribution is 2.26.